The Labute approximate surface area is 151 Å². The number of anilines is 1. The van der Waals surface area contributed by atoms with E-state index in [9.17, 15) is 14.9 Å². The topological polar surface area (TPSA) is 84.7 Å². The molecule has 0 saturated carbocycles. The van der Waals surface area contributed by atoms with E-state index in [0.29, 0.717) is 44.1 Å². The average molecular weight is 355 g/mol. The molecule has 1 fully saturated rings. The number of carbonyl (C=O) groups is 1. The molecule has 0 aliphatic carbocycles. The zero-order valence-electron chi connectivity index (χ0n) is 14.6. The molecule has 0 aromatic heterocycles. The summed E-state index contributed by atoms with van der Waals surface area (Å²) >= 11 is 0. The smallest absolute Gasteiger partial charge is 0.293 e. The molecular formula is C19H21N3O4. The van der Waals surface area contributed by atoms with Crippen molar-refractivity contribution in [1.29, 1.82) is 0 Å². The number of rotatable bonds is 5. The summed E-state index contributed by atoms with van der Waals surface area (Å²) < 4.78 is 5.24. The predicted octanol–water partition coefficient (Wildman–Crippen LogP) is 2.99. The number of morpholine rings is 1. The highest BCUT2D eigenvalue weighted by atomic mass is 16.6. The van der Waals surface area contributed by atoms with Crippen LogP contribution in [0.3, 0.4) is 0 Å². The molecule has 1 aliphatic rings. The monoisotopic (exact) mass is 355 g/mol. The van der Waals surface area contributed by atoms with E-state index in [2.05, 4.69) is 5.32 Å². The Hall–Kier alpha value is -2.93. The lowest BCUT2D eigenvalue weighted by atomic mass is 10.1. The third-order valence-corrected chi connectivity index (χ3v) is 4.47. The molecule has 0 spiro atoms. The molecule has 0 bridgehead atoms. The molecule has 7 heteroatoms. The minimum atomic E-state index is -0.462. The number of hydrogen-bond donors (Lipinski definition) is 1. The van der Waals surface area contributed by atoms with E-state index in [4.69, 9.17) is 4.74 Å². The summed E-state index contributed by atoms with van der Waals surface area (Å²) in [6.45, 7) is 4.45. The highest BCUT2D eigenvalue weighted by Crippen LogP contribution is 2.27. The highest BCUT2D eigenvalue weighted by Gasteiger charge is 2.22. The second kappa shape index (κ2) is 7.97. The molecule has 1 saturated heterocycles. The van der Waals surface area contributed by atoms with E-state index in [1.54, 1.807) is 17.0 Å². The number of ether oxygens (including phenoxy) is 1. The van der Waals surface area contributed by atoms with Crippen LogP contribution >= 0.6 is 0 Å². The minimum Gasteiger partial charge on any atom is -0.378 e. The summed E-state index contributed by atoms with van der Waals surface area (Å²) in [5, 5.41) is 14.6. The lowest BCUT2D eigenvalue weighted by Crippen LogP contribution is -2.40. The number of nitro benzene ring substituents is 1. The predicted molar refractivity (Wildman–Crippen MR) is 98.3 cm³/mol. The second-order valence-electron chi connectivity index (χ2n) is 6.17. The zero-order valence-corrected chi connectivity index (χ0v) is 14.6. The van der Waals surface area contributed by atoms with Crippen molar-refractivity contribution in [2.24, 2.45) is 0 Å². The first-order chi connectivity index (χ1) is 12.6. The van der Waals surface area contributed by atoms with Crippen LogP contribution in [0.25, 0.3) is 0 Å². The fourth-order valence-electron chi connectivity index (χ4n) is 2.91. The lowest BCUT2D eigenvalue weighted by molar-refractivity contribution is -0.384. The van der Waals surface area contributed by atoms with E-state index in [1.807, 2.05) is 31.2 Å². The maximum Gasteiger partial charge on any atom is 0.293 e. The lowest BCUT2D eigenvalue weighted by Gasteiger charge is -2.26. The Morgan fingerprint density at radius 2 is 1.96 bits per heavy atom. The summed E-state index contributed by atoms with van der Waals surface area (Å²) in [4.78, 5) is 25.2. The van der Waals surface area contributed by atoms with Gasteiger partial charge in [0.05, 0.1) is 18.1 Å². The first kappa shape index (κ1) is 17.9. The van der Waals surface area contributed by atoms with Crippen molar-refractivity contribution < 1.29 is 14.5 Å². The van der Waals surface area contributed by atoms with Gasteiger partial charge in [0.25, 0.3) is 11.6 Å². The molecule has 0 atom stereocenters. The van der Waals surface area contributed by atoms with Gasteiger partial charge in [-0.05, 0) is 30.2 Å². The average Bonchev–Trinajstić information content (AvgIpc) is 2.67. The van der Waals surface area contributed by atoms with Crippen LogP contribution in [-0.2, 0) is 11.3 Å². The van der Waals surface area contributed by atoms with E-state index in [0.717, 1.165) is 11.1 Å². The van der Waals surface area contributed by atoms with Gasteiger partial charge in [0, 0.05) is 31.3 Å². The largest absolute Gasteiger partial charge is 0.378 e. The van der Waals surface area contributed by atoms with E-state index in [-0.39, 0.29) is 11.6 Å². The van der Waals surface area contributed by atoms with Gasteiger partial charge in [0.2, 0.25) is 0 Å². The number of nitrogens with zero attached hydrogens (tertiary/aromatic N) is 2. The number of nitro groups is 1. The molecule has 1 heterocycles. The molecule has 26 heavy (non-hydrogen) atoms. The molecule has 7 nitrogen and oxygen atoms in total. The number of nitrogens with one attached hydrogen (secondary N) is 1. The maximum atomic E-state index is 12.5. The van der Waals surface area contributed by atoms with Crippen LogP contribution in [0, 0.1) is 17.0 Å². The highest BCUT2D eigenvalue weighted by molar-refractivity contribution is 5.95. The number of amides is 1. The molecule has 1 aliphatic heterocycles. The number of benzene rings is 2. The first-order valence-corrected chi connectivity index (χ1v) is 8.50. The summed E-state index contributed by atoms with van der Waals surface area (Å²) in [5.74, 6) is -0.207. The third-order valence-electron chi connectivity index (χ3n) is 4.47. The van der Waals surface area contributed by atoms with Crippen molar-refractivity contribution in [1.82, 2.24) is 4.90 Å². The number of hydrogen-bond acceptors (Lipinski definition) is 5. The molecule has 1 amide bonds. The van der Waals surface area contributed by atoms with Crippen molar-refractivity contribution in [3.05, 3.63) is 69.3 Å². The number of carbonyl (C=O) groups excluding carboxylic acids is 1. The van der Waals surface area contributed by atoms with Gasteiger partial charge in [0.1, 0.15) is 5.69 Å². The molecule has 1 N–H and O–H groups in total. The van der Waals surface area contributed by atoms with Crippen molar-refractivity contribution in [2.45, 2.75) is 13.5 Å². The van der Waals surface area contributed by atoms with Gasteiger partial charge in [0.15, 0.2) is 0 Å². The summed E-state index contributed by atoms with van der Waals surface area (Å²) in [6.07, 6.45) is 0. The van der Waals surface area contributed by atoms with Crippen molar-refractivity contribution in [3.8, 4) is 0 Å². The summed E-state index contributed by atoms with van der Waals surface area (Å²) in [7, 11) is 0. The van der Waals surface area contributed by atoms with E-state index in [1.165, 1.54) is 6.07 Å². The zero-order chi connectivity index (χ0) is 18.5. The number of aryl methyl sites for hydroxylation is 1. The van der Waals surface area contributed by atoms with Crippen LogP contribution in [0.2, 0.25) is 0 Å². The van der Waals surface area contributed by atoms with Gasteiger partial charge in [-0.3, -0.25) is 14.9 Å². The summed E-state index contributed by atoms with van der Waals surface area (Å²) in [6, 6.07) is 12.4. The fraction of sp³-hybridized carbons (Fsp3) is 0.316. The summed E-state index contributed by atoms with van der Waals surface area (Å²) in [5.41, 5.74) is 2.80. The molecule has 0 unspecified atom stereocenters. The van der Waals surface area contributed by atoms with Gasteiger partial charge in [-0.1, -0.05) is 24.3 Å². The van der Waals surface area contributed by atoms with E-state index < -0.39 is 4.92 Å². The quantitative estimate of drug-likeness (QED) is 0.658. The van der Waals surface area contributed by atoms with Crippen LogP contribution in [0.15, 0.2) is 42.5 Å². The van der Waals surface area contributed by atoms with Crippen molar-refractivity contribution in [3.63, 3.8) is 0 Å². The minimum absolute atomic E-state index is 0.0994. The Balaban J connectivity index is 1.79. The van der Waals surface area contributed by atoms with Crippen molar-refractivity contribution in [2.75, 3.05) is 31.6 Å². The van der Waals surface area contributed by atoms with Gasteiger partial charge in [-0.25, -0.2) is 0 Å². The van der Waals surface area contributed by atoms with Crippen LogP contribution < -0.4 is 5.32 Å². The fourth-order valence-corrected chi connectivity index (χ4v) is 2.91. The second-order valence-corrected chi connectivity index (χ2v) is 6.17. The molecule has 3 rings (SSSR count). The molecular weight excluding hydrogens is 334 g/mol. The molecule has 2 aromatic carbocycles. The molecule has 136 valence electrons. The normalized spacial score (nSPS) is 14.1. The Morgan fingerprint density at radius 1 is 1.23 bits per heavy atom. The van der Waals surface area contributed by atoms with Gasteiger partial charge >= 0.3 is 0 Å². The first-order valence-electron chi connectivity index (χ1n) is 8.50. The van der Waals surface area contributed by atoms with Crippen LogP contribution in [0.4, 0.5) is 11.4 Å². The van der Waals surface area contributed by atoms with E-state index >= 15 is 0 Å². The Bertz CT molecular complexity index is 816. The molecule has 2 aromatic rings. The Morgan fingerprint density at radius 3 is 2.65 bits per heavy atom. The molecule has 0 radical (unpaired) electrons. The third kappa shape index (κ3) is 4.00. The maximum absolute atomic E-state index is 12.5. The van der Waals surface area contributed by atoms with Gasteiger partial charge < -0.3 is 15.0 Å². The van der Waals surface area contributed by atoms with Crippen molar-refractivity contribution >= 4 is 17.3 Å². The van der Waals surface area contributed by atoms with Gasteiger partial charge in [-0.2, -0.15) is 0 Å². The Kier molecular flexibility index (Phi) is 5.48. The van der Waals surface area contributed by atoms with Crippen LogP contribution in [0.1, 0.15) is 21.5 Å². The van der Waals surface area contributed by atoms with Crippen LogP contribution in [-0.4, -0.2) is 42.0 Å². The SMILES string of the molecule is Cc1ccccc1CNc1ccc(C(=O)N2CCOCC2)cc1[N+](=O)[O-]. The van der Waals surface area contributed by atoms with Gasteiger partial charge in [-0.15, -0.1) is 0 Å². The standard InChI is InChI=1S/C19H21N3O4/c1-14-4-2-3-5-16(14)13-20-17-7-6-15(12-18(17)22(24)25)19(23)21-8-10-26-11-9-21/h2-7,12,20H,8-11,13H2,1H3. The van der Waals surface area contributed by atoms with Crippen LogP contribution in [0.5, 0.6) is 0 Å².